The summed E-state index contributed by atoms with van der Waals surface area (Å²) in [4.78, 5) is 0. The van der Waals surface area contributed by atoms with Crippen LogP contribution in [0.15, 0.2) is 42.5 Å². The van der Waals surface area contributed by atoms with Crippen LogP contribution in [0.1, 0.15) is 134 Å². The highest BCUT2D eigenvalue weighted by atomic mass is 19.1. The highest BCUT2D eigenvalue weighted by Gasteiger charge is 2.35. The predicted octanol–water partition coefficient (Wildman–Crippen LogP) is 11.2. The first-order valence-corrected chi connectivity index (χ1v) is 15.5. The molecule has 0 radical (unpaired) electrons. The maximum atomic E-state index is 14.7. The molecular formula is C35H50FNO. The largest absolute Gasteiger partial charge is 0.491 e. The molecule has 0 bridgehead atoms. The number of hydrogen-bond donors (Lipinski definition) is 0. The van der Waals surface area contributed by atoms with Crippen molar-refractivity contribution in [3.8, 4) is 22.9 Å². The maximum absolute atomic E-state index is 14.7. The first-order chi connectivity index (χ1) is 18.6. The van der Waals surface area contributed by atoms with E-state index in [1.54, 1.807) is 12.1 Å². The van der Waals surface area contributed by atoms with Gasteiger partial charge in [-0.2, -0.15) is 5.26 Å². The summed E-state index contributed by atoms with van der Waals surface area (Å²) in [6, 6.07) is 16.7. The van der Waals surface area contributed by atoms with Gasteiger partial charge in [-0.3, -0.25) is 0 Å². The first-order valence-electron chi connectivity index (χ1n) is 15.5. The highest BCUT2D eigenvalue weighted by molar-refractivity contribution is 5.64. The SMILES string of the molecule is CCCCCCCCC[C@]1(C#N)CC[C@H](c2ccc(-c3ccc(OCCCCCCC)c(F)c3)cc2)CC1. The molecule has 0 N–H and O–H groups in total. The molecule has 38 heavy (non-hydrogen) atoms. The molecule has 1 fully saturated rings. The average Bonchev–Trinajstić information content (AvgIpc) is 2.95. The van der Waals surface area contributed by atoms with E-state index in [0.29, 0.717) is 18.3 Å². The summed E-state index contributed by atoms with van der Waals surface area (Å²) in [6.07, 6.45) is 20.2. The van der Waals surface area contributed by atoms with Crippen molar-refractivity contribution in [2.75, 3.05) is 6.61 Å². The van der Waals surface area contributed by atoms with E-state index in [4.69, 9.17) is 4.74 Å². The van der Waals surface area contributed by atoms with Crippen LogP contribution in [-0.2, 0) is 0 Å². The minimum absolute atomic E-state index is 0.114. The molecule has 1 aliphatic carbocycles. The molecule has 0 amide bonds. The van der Waals surface area contributed by atoms with Crippen LogP contribution in [0.25, 0.3) is 11.1 Å². The average molecular weight is 520 g/mol. The lowest BCUT2D eigenvalue weighted by atomic mass is 9.67. The quantitative estimate of drug-likeness (QED) is 0.195. The first kappa shape index (κ1) is 30.2. The molecule has 0 aromatic heterocycles. The van der Waals surface area contributed by atoms with Crippen LogP contribution in [0.2, 0.25) is 0 Å². The van der Waals surface area contributed by atoms with E-state index in [1.807, 2.05) is 6.07 Å². The van der Waals surface area contributed by atoms with E-state index in [-0.39, 0.29) is 11.2 Å². The Balaban J connectivity index is 1.46. The molecule has 2 aromatic rings. The van der Waals surface area contributed by atoms with Gasteiger partial charge in [-0.1, -0.05) is 115 Å². The molecule has 208 valence electrons. The summed E-state index contributed by atoms with van der Waals surface area (Å²) in [5, 5.41) is 9.98. The van der Waals surface area contributed by atoms with Gasteiger partial charge in [0.1, 0.15) is 0 Å². The van der Waals surface area contributed by atoms with Crippen LogP contribution in [0, 0.1) is 22.6 Å². The number of hydrogen-bond acceptors (Lipinski definition) is 2. The second kappa shape index (κ2) is 16.6. The van der Waals surface area contributed by atoms with Gasteiger partial charge in [-0.25, -0.2) is 4.39 Å². The van der Waals surface area contributed by atoms with E-state index in [2.05, 4.69) is 44.2 Å². The minimum atomic E-state index is -0.291. The van der Waals surface area contributed by atoms with Crippen LogP contribution in [-0.4, -0.2) is 6.61 Å². The van der Waals surface area contributed by atoms with Crippen LogP contribution < -0.4 is 4.74 Å². The predicted molar refractivity (Wildman–Crippen MR) is 158 cm³/mol. The molecule has 0 aliphatic heterocycles. The summed E-state index contributed by atoms with van der Waals surface area (Å²) in [5.41, 5.74) is 3.14. The Hall–Kier alpha value is -2.34. The van der Waals surface area contributed by atoms with Gasteiger partial charge in [0, 0.05) is 0 Å². The zero-order valence-corrected chi connectivity index (χ0v) is 24.1. The second-order valence-corrected chi connectivity index (χ2v) is 11.6. The lowest BCUT2D eigenvalue weighted by molar-refractivity contribution is 0.223. The molecule has 0 heterocycles. The molecule has 2 nitrogen and oxygen atoms in total. The molecule has 2 aromatic carbocycles. The molecule has 0 atom stereocenters. The van der Waals surface area contributed by atoms with Gasteiger partial charge in [-0.05, 0) is 73.3 Å². The number of nitrogens with zero attached hydrogens (tertiary/aromatic N) is 1. The van der Waals surface area contributed by atoms with Crippen molar-refractivity contribution in [2.45, 2.75) is 129 Å². The van der Waals surface area contributed by atoms with E-state index < -0.39 is 0 Å². The van der Waals surface area contributed by atoms with Gasteiger partial charge in [0.25, 0.3) is 0 Å². The van der Waals surface area contributed by atoms with Crippen LogP contribution in [0.5, 0.6) is 5.75 Å². The van der Waals surface area contributed by atoms with Crippen molar-refractivity contribution in [1.82, 2.24) is 0 Å². The molecule has 0 unspecified atom stereocenters. The number of benzene rings is 2. The summed E-state index contributed by atoms with van der Waals surface area (Å²) in [6.45, 7) is 5.03. The topological polar surface area (TPSA) is 33.0 Å². The van der Waals surface area contributed by atoms with Crippen molar-refractivity contribution in [3.63, 3.8) is 0 Å². The van der Waals surface area contributed by atoms with Crippen LogP contribution in [0.3, 0.4) is 0 Å². The maximum Gasteiger partial charge on any atom is 0.165 e. The van der Waals surface area contributed by atoms with Gasteiger partial charge >= 0.3 is 0 Å². The molecular weight excluding hydrogens is 469 g/mol. The fourth-order valence-corrected chi connectivity index (χ4v) is 5.97. The van der Waals surface area contributed by atoms with Crippen molar-refractivity contribution in [2.24, 2.45) is 5.41 Å². The fourth-order valence-electron chi connectivity index (χ4n) is 5.97. The van der Waals surface area contributed by atoms with Crippen molar-refractivity contribution >= 4 is 0 Å². The monoisotopic (exact) mass is 519 g/mol. The molecule has 3 heteroatoms. The number of unbranched alkanes of at least 4 members (excludes halogenated alkanes) is 10. The van der Waals surface area contributed by atoms with Gasteiger partial charge in [0.2, 0.25) is 0 Å². The summed E-state index contributed by atoms with van der Waals surface area (Å²) < 4.78 is 20.4. The Kier molecular flexibility index (Phi) is 13.2. The Labute approximate surface area is 232 Å². The lowest BCUT2D eigenvalue weighted by Gasteiger charge is -2.35. The third-order valence-corrected chi connectivity index (χ3v) is 8.59. The standard InChI is InChI=1S/C35H50FNO/c1-3-5-7-9-10-11-13-23-35(28-37)24-21-31(22-25-35)29-15-17-30(18-16-29)32-19-20-34(33(36)27-32)38-26-14-12-8-6-4-2/h15-20,27,31H,3-14,21-26H2,1-2H3/t31-,35-. The number of rotatable bonds is 17. The minimum Gasteiger partial charge on any atom is -0.491 e. The second-order valence-electron chi connectivity index (χ2n) is 11.6. The zero-order valence-electron chi connectivity index (χ0n) is 24.1. The normalized spacial score (nSPS) is 19.3. The van der Waals surface area contributed by atoms with Crippen molar-refractivity contribution in [1.29, 1.82) is 5.26 Å². The van der Waals surface area contributed by atoms with Crippen molar-refractivity contribution < 1.29 is 9.13 Å². The smallest absolute Gasteiger partial charge is 0.165 e. The number of halogens is 1. The highest BCUT2D eigenvalue weighted by Crippen LogP contribution is 2.46. The number of ether oxygens (including phenoxy) is 1. The fraction of sp³-hybridized carbons (Fsp3) is 0.629. The summed E-state index contributed by atoms with van der Waals surface area (Å²) in [7, 11) is 0. The van der Waals surface area contributed by atoms with Gasteiger partial charge in [0.05, 0.1) is 18.1 Å². The van der Waals surface area contributed by atoms with Crippen molar-refractivity contribution in [3.05, 3.63) is 53.8 Å². The molecule has 0 saturated heterocycles. The van der Waals surface area contributed by atoms with E-state index >= 15 is 0 Å². The Morgan fingerprint density at radius 3 is 1.97 bits per heavy atom. The third-order valence-electron chi connectivity index (χ3n) is 8.59. The Morgan fingerprint density at radius 2 is 1.37 bits per heavy atom. The summed E-state index contributed by atoms with van der Waals surface area (Å²) >= 11 is 0. The van der Waals surface area contributed by atoms with Crippen LogP contribution >= 0.6 is 0 Å². The van der Waals surface area contributed by atoms with Crippen LogP contribution in [0.4, 0.5) is 4.39 Å². The van der Waals surface area contributed by atoms with Gasteiger partial charge in [0.15, 0.2) is 11.6 Å². The molecule has 3 rings (SSSR count). The third kappa shape index (κ3) is 9.44. The molecule has 1 aliphatic rings. The van der Waals surface area contributed by atoms with Gasteiger partial charge in [-0.15, -0.1) is 0 Å². The lowest BCUT2D eigenvalue weighted by Crippen LogP contribution is -2.25. The van der Waals surface area contributed by atoms with E-state index in [0.717, 1.165) is 56.1 Å². The number of nitriles is 1. The van der Waals surface area contributed by atoms with E-state index in [1.165, 1.54) is 69.8 Å². The Morgan fingerprint density at radius 1 is 0.789 bits per heavy atom. The van der Waals surface area contributed by atoms with E-state index in [9.17, 15) is 9.65 Å². The Bertz CT molecular complexity index is 968. The zero-order chi connectivity index (χ0) is 27.1. The summed E-state index contributed by atoms with van der Waals surface area (Å²) in [5.74, 6) is 0.575. The molecule has 1 saturated carbocycles. The van der Waals surface area contributed by atoms with Gasteiger partial charge < -0.3 is 4.74 Å². The molecule has 0 spiro atoms.